The zero-order chi connectivity index (χ0) is 21.1. The van der Waals surface area contributed by atoms with Crippen molar-refractivity contribution >= 4 is 23.5 Å². The maximum atomic E-state index is 12.7. The van der Waals surface area contributed by atoms with Crippen molar-refractivity contribution in [2.45, 2.75) is 72.9 Å². The van der Waals surface area contributed by atoms with E-state index in [4.69, 9.17) is 9.94 Å². The van der Waals surface area contributed by atoms with Crippen LogP contribution >= 0.6 is 0 Å². The molecule has 2 amide bonds. The summed E-state index contributed by atoms with van der Waals surface area (Å²) >= 11 is 0. The van der Waals surface area contributed by atoms with Gasteiger partial charge in [0.2, 0.25) is 5.91 Å². The topological polar surface area (TPSA) is 117 Å². The molecule has 27 heavy (non-hydrogen) atoms. The second kappa shape index (κ2) is 12.3. The summed E-state index contributed by atoms with van der Waals surface area (Å²) in [7, 11) is 1.27. The second-order valence-electron chi connectivity index (χ2n) is 8.01. The number of carbonyl (C=O) groups excluding carboxylic acids is 3. The van der Waals surface area contributed by atoms with Gasteiger partial charge in [-0.2, -0.15) is 0 Å². The van der Waals surface area contributed by atoms with Crippen LogP contribution in [0.5, 0.6) is 0 Å². The number of carbonyl (C=O) groups is 3. The summed E-state index contributed by atoms with van der Waals surface area (Å²) in [6, 6.07) is -1.63. The summed E-state index contributed by atoms with van der Waals surface area (Å²) in [5, 5.41) is 17.5. The number of amides is 2. The van der Waals surface area contributed by atoms with Crippen molar-refractivity contribution in [2.24, 2.45) is 22.9 Å². The molecule has 8 heteroatoms. The lowest BCUT2D eigenvalue weighted by molar-refractivity contribution is -0.145. The van der Waals surface area contributed by atoms with Gasteiger partial charge in [-0.25, -0.2) is 4.79 Å². The minimum Gasteiger partial charge on any atom is -0.467 e. The predicted molar refractivity (Wildman–Crippen MR) is 103 cm³/mol. The van der Waals surface area contributed by atoms with Crippen molar-refractivity contribution in [1.82, 2.24) is 10.6 Å². The zero-order valence-electron chi connectivity index (χ0n) is 17.5. The number of nitrogens with one attached hydrogen (secondary N) is 2. The number of nitrogens with zero attached hydrogens (tertiary/aromatic N) is 1. The van der Waals surface area contributed by atoms with E-state index < -0.39 is 29.9 Å². The van der Waals surface area contributed by atoms with Crippen LogP contribution in [0, 0.1) is 17.8 Å². The first-order chi connectivity index (χ1) is 12.5. The van der Waals surface area contributed by atoms with Crippen LogP contribution in [0.4, 0.5) is 0 Å². The lowest BCUT2D eigenvalue weighted by Crippen LogP contribution is -2.53. The van der Waals surface area contributed by atoms with E-state index in [2.05, 4.69) is 15.8 Å². The van der Waals surface area contributed by atoms with Crippen LogP contribution in [0.1, 0.15) is 60.8 Å². The van der Waals surface area contributed by atoms with Gasteiger partial charge in [-0.05, 0) is 30.6 Å². The molecule has 0 aromatic carbocycles. The van der Waals surface area contributed by atoms with E-state index in [0.717, 1.165) is 0 Å². The van der Waals surface area contributed by atoms with Gasteiger partial charge in [-0.15, -0.1) is 0 Å². The molecule has 0 unspecified atom stereocenters. The normalized spacial score (nSPS) is 14.2. The van der Waals surface area contributed by atoms with Gasteiger partial charge in [0, 0.05) is 6.42 Å². The van der Waals surface area contributed by atoms with Gasteiger partial charge in [0.15, 0.2) is 0 Å². The number of oxime groups is 1. The Morgan fingerprint density at radius 3 is 1.81 bits per heavy atom. The van der Waals surface area contributed by atoms with Crippen LogP contribution in [0.15, 0.2) is 5.16 Å². The monoisotopic (exact) mass is 385 g/mol. The van der Waals surface area contributed by atoms with Crippen molar-refractivity contribution in [3.8, 4) is 0 Å². The highest BCUT2D eigenvalue weighted by Gasteiger charge is 2.29. The van der Waals surface area contributed by atoms with E-state index in [0.29, 0.717) is 12.8 Å². The van der Waals surface area contributed by atoms with Gasteiger partial charge < -0.3 is 20.6 Å². The third kappa shape index (κ3) is 9.96. The lowest BCUT2D eigenvalue weighted by Gasteiger charge is -2.24. The highest BCUT2D eigenvalue weighted by molar-refractivity contribution is 6.39. The average Bonchev–Trinajstić information content (AvgIpc) is 2.56. The van der Waals surface area contributed by atoms with Gasteiger partial charge in [0.1, 0.15) is 17.8 Å². The fraction of sp³-hybridized carbons (Fsp3) is 0.789. The molecule has 0 heterocycles. The van der Waals surface area contributed by atoms with Gasteiger partial charge in [-0.1, -0.05) is 46.7 Å². The Bertz CT molecular complexity index is 529. The van der Waals surface area contributed by atoms with Gasteiger partial charge in [-0.3, -0.25) is 9.59 Å². The van der Waals surface area contributed by atoms with Gasteiger partial charge in [0.25, 0.3) is 5.91 Å². The first kappa shape index (κ1) is 24.9. The predicted octanol–water partition coefficient (Wildman–Crippen LogP) is 2.10. The highest BCUT2D eigenvalue weighted by Crippen LogP contribution is 2.10. The summed E-state index contributed by atoms with van der Waals surface area (Å²) in [5.41, 5.74) is -0.0294. The molecule has 3 N–H and O–H groups in total. The third-order valence-corrected chi connectivity index (χ3v) is 3.82. The van der Waals surface area contributed by atoms with E-state index in [-0.39, 0.29) is 29.9 Å². The molecule has 8 nitrogen and oxygen atoms in total. The molecule has 0 fully saturated rings. The standard InChI is InChI=1S/C19H35N3O5/c1-11(2)8-14(20-18(24)15(22-26)9-12(3)4)17(23)21-16(10-13(5)6)19(25)27-7/h11-14,16,26H,8-10H2,1-7H3,(H,20,24)(H,21,23)/b22-15+/t14-,16-/m0/s1. The number of rotatable bonds is 11. The molecule has 0 rings (SSSR count). The van der Waals surface area contributed by atoms with Crippen LogP contribution in [-0.2, 0) is 19.1 Å². The zero-order valence-corrected chi connectivity index (χ0v) is 17.5. The summed E-state index contributed by atoms with van der Waals surface area (Å²) in [6.45, 7) is 11.5. The van der Waals surface area contributed by atoms with Crippen LogP contribution < -0.4 is 10.6 Å². The molecule has 0 aromatic rings. The molecule has 156 valence electrons. The van der Waals surface area contributed by atoms with Crippen LogP contribution in [0.2, 0.25) is 0 Å². The van der Waals surface area contributed by atoms with Crippen molar-refractivity contribution in [3.63, 3.8) is 0 Å². The van der Waals surface area contributed by atoms with Crippen LogP contribution in [0.3, 0.4) is 0 Å². The fourth-order valence-electron chi connectivity index (χ4n) is 2.61. The largest absolute Gasteiger partial charge is 0.467 e. The van der Waals surface area contributed by atoms with Crippen molar-refractivity contribution in [2.75, 3.05) is 7.11 Å². The minimum absolute atomic E-state index is 0.0294. The smallest absolute Gasteiger partial charge is 0.328 e. The third-order valence-electron chi connectivity index (χ3n) is 3.82. The molecule has 0 bridgehead atoms. The summed E-state index contributed by atoms with van der Waals surface area (Å²) in [6.07, 6.45) is 1.10. The maximum absolute atomic E-state index is 12.7. The quantitative estimate of drug-likeness (QED) is 0.218. The molecule has 2 atom stereocenters. The molecule has 0 saturated carbocycles. The average molecular weight is 386 g/mol. The summed E-state index contributed by atoms with van der Waals surface area (Å²) in [4.78, 5) is 37.1. The van der Waals surface area contributed by atoms with E-state index >= 15 is 0 Å². The first-order valence-electron chi connectivity index (χ1n) is 9.41. The van der Waals surface area contributed by atoms with Crippen molar-refractivity contribution in [1.29, 1.82) is 0 Å². The van der Waals surface area contributed by atoms with Crippen LogP contribution in [0.25, 0.3) is 0 Å². The number of ether oxygens (including phenoxy) is 1. The molecular weight excluding hydrogens is 350 g/mol. The Morgan fingerprint density at radius 1 is 0.889 bits per heavy atom. The van der Waals surface area contributed by atoms with E-state index in [1.165, 1.54) is 7.11 Å². The summed E-state index contributed by atoms with van der Waals surface area (Å²) in [5.74, 6) is -1.16. The Hall–Kier alpha value is -2.12. The summed E-state index contributed by atoms with van der Waals surface area (Å²) < 4.78 is 4.76. The van der Waals surface area contributed by atoms with Gasteiger partial charge >= 0.3 is 5.97 Å². The molecule has 0 aliphatic heterocycles. The highest BCUT2D eigenvalue weighted by atomic mass is 16.5. The molecule has 0 aliphatic rings. The Balaban J connectivity index is 5.28. The Labute approximate surface area is 162 Å². The van der Waals surface area contributed by atoms with E-state index in [1.54, 1.807) is 0 Å². The molecule has 0 aliphatic carbocycles. The fourth-order valence-corrected chi connectivity index (χ4v) is 2.61. The Kier molecular flexibility index (Phi) is 11.3. The second-order valence-corrected chi connectivity index (χ2v) is 8.01. The SMILES string of the molecule is COC(=O)[C@H](CC(C)C)NC(=O)[C@H](CC(C)C)NC(=O)/C(CC(C)C)=N/O. The first-order valence-corrected chi connectivity index (χ1v) is 9.41. The lowest BCUT2D eigenvalue weighted by atomic mass is 10.00. The van der Waals surface area contributed by atoms with E-state index in [9.17, 15) is 14.4 Å². The van der Waals surface area contributed by atoms with Crippen molar-refractivity contribution in [3.05, 3.63) is 0 Å². The molecule has 0 spiro atoms. The number of esters is 1. The van der Waals surface area contributed by atoms with Crippen LogP contribution in [-0.4, -0.2) is 47.9 Å². The number of methoxy groups -OCH3 is 1. The molecule has 0 aromatic heterocycles. The Morgan fingerprint density at radius 2 is 1.41 bits per heavy atom. The maximum Gasteiger partial charge on any atom is 0.328 e. The molecular formula is C19H35N3O5. The van der Waals surface area contributed by atoms with Gasteiger partial charge in [0.05, 0.1) is 7.11 Å². The number of hydrogen-bond acceptors (Lipinski definition) is 6. The number of hydrogen-bond donors (Lipinski definition) is 3. The molecule has 0 radical (unpaired) electrons. The van der Waals surface area contributed by atoms with E-state index in [1.807, 2.05) is 41.5 Å². The van der Waals surface area contributed by atoms with Crippen molar-refractivity contribution < 1.29 is 24.3 Å². The molecule has 0 saturated heterocycles. The minimum atomic E-state index is -0.847.